The second-order valence-corrected chi connectivity index (χ2v) is 6.22. The van der Waals surface area contributed by atoms with Gasteiger partial charge in [-0.25, -0.2) is 0 Å². The maximum atomic E-state index is 12.6. The summed E-state index contributed by atoms with van der Waals surface area (Å²) >= 11 is 0. The van der Waals surface area contributed by atoms with Crippen molar-refractivity contribution in [2.45, 2.75) is 46.6 Å². The Labute approximate surface area is 116 Å². The predicted octanol–water partition coefficient (Wildman–Crippen LogP) is 3.38. The molecular formula is C16H24N2O. The summed E-state index contributed by atoms with van der Waals surface area (Å²) in [6.07, 6.45) is 0.839. The van der Waals surface area contributed by atoms with E-state index in [9.17, 15) is 4.79 Å². The number of benzene rings is 1. The Bertz CT molecular complexity index is 509. The van der Waals surface area contributed by atoms with Gasteiger partial charge in [-0.2, -0.15) is 0 Å². The van der Waals surface area contributed by atoms with Crippen LogP contribution in [0.5, 0.6) is 0 Å². The molecule has 3 nitrogen and oxygen atoms in total. The minimum Gasteiger partial charge on any atom is -0.277 e. The van der Waals surface area contributed by atoms with E-state index in [1.54, 1.807) is 5.01 Å². The van der Waals surface area contributed by atoms with E-state index in [4.69, 9.17) is 0 Å². The molecule has 3 heteroatoms. The van der Waals surface area contributed by atoms with E-state index in [1.165, 1.54) is 5.56 Å². The van der Waals surface area contributed by atoms with Crippen LogP contribution in [0, 0.1) is 12.3 Å². The normalized spacial score (nSPS) is 26.1. The van der Waals surface area contributed by atoms with Crippen LogP contribution in [0.4, 0.5) is 5.69 Å². The minimum absolute atomic E-state index is 0.196. The Hall–Kier alpha value is -1.51. The Morgan fingerprint density at radius 2 is 1.84 bits per heavy atom. The lowest BCUT2D eigenvalue weighted by molar-refractivity contribution is -0.135. The van der Waals surface area contributed by atoms with Gasteiger partial charge >= 0.3 is 0 Å². The first-order valence-corrected chi connectivity index (χ1v) is 6.90. The van der Waals surface area contributed by atoms with Crippen LogP contribution >= 0.6 is 0 Å². The van der Waals surface area contributed by atoms with Crippen LogP contribution in [-0.2, 0) is 4.79 Å². The molecule has 2 rings (SSSR count). The lowest BCUT2D eigenvalue weighted by Gasteiger charge is -2.41. The molecule has 1 aliphatic rings. The number of hydrogen-bond donors (Lipinski definition) is 0. The number of amides is 1. The van der Waals surface area contributed by atoms with E-state index in [1.807, 2.05) is 13.1 Å². The molecule has 0 aromatic heterocycles. The van der Waals surface area contributed by atoms with E-state index < -0.39 is 0 Å². The van der Waals surface area contributed by atoms with Crippen LogP contribution in [0.2, 0.25) is 0 Å². The van der Waals surface area contributed by atoms with Crippen LogP contribution in [-0.4, -0.2) is 23.5 Å². The average Bonchev–Trinajstić information content (AvgIpc) is 2.48. The van der Waals surface area contributed by atoms with Crippen molar-refractivity contribution in [1.29, 1.82) is 0 Å². The summed E-state index contributed by atoms with van der Waals surface area (Å²) in [5.74, 6) is 0.196. The Balaban J connectivity index is 2.55. The summed E-state index contributed by atoms with van der Waals surface area (Å²) in [5, 5.41) is 3.91. The largest absolute Gasteiger partial charge is 0.277 e. The van der Waals surface area contributed by atoms with Gasteiger partial charge in [-0.05, 0) is 51.8 Å². The number of hydrogen-bond acceptors (Lipinski definition) is 2. The highest BCUT2D eigenvalue weighted by atomic mass is 16.2. The van der Waals surface area contributed by atoms with E-state index >= 15 is 0 Å². The fraction of sp³-hybridized carbons (Fsp3) is 0.562. The van der Waals surface area contributed by atoms with Crippen molar-refractivity contribution in [2.75, 3.05) is 12.1 Å². The maximum absolute atomic E-state index is 12.6. The highest BCUT2D eigenvalue weighted by Gasteiger charge is 2.58. The van der Waals surface area contributed by atoms with Gasteiger partial charge in [0.25, 0.3) is 0 Å². The number of carbonyl (C=O) groups is 1. The van der Waals surface area contributed by atoms with E-state index in [-0.39, 0.29) is 16.9 Å². The zero-order valence-corrected chi connectivity index (χ0v) is 12.8. The molecule has 0 radical (unpaired) electrons. The predicted molar refractivity (Wildman–Crippen MR) is 78.9 cm³/mol. The quantitative estimate of drug-likeness (QED) is 0.814. The first-order chi connectivity index (χ1) is 8.75. The van der Waals surface area contributed by atoms with E-state index in [0.717, 1.165) is 12.1 Å². The molecule has 1 saturated heterocycles. The monoisotopic (exact) mass is 260 g/mol. The third-order valence-electron chi connectivity index (χ3n) is 4.90. The summed E-state index contributed by atoms with van der Waals surface area (Å²) in [6.45, 7) is 10.5. The Morgan fingerprint density at radius 1 is 1.21 bits per heavy atom. The van der Waals surface area contributed by atoms with Gasteiger partial charge in [-0.15, -0.1) is 0 Å². The van der Waals surface area contributed by atoms with Gasteiger partial charge in [0.1, 0.15) is 0 Å². The highest BCUT2D eigenvalue weighted by Crippen LogP contribution is 2.48. The average molecular weight is 260 g/mol. The van der Waals surface area contributed by atoms with Gasteiger partial charge in [-0.1, -0.05) is 19.1 Å². The van der Waals surface area contributed by atoms with Crippen molar-refractivity contribution in [2.24, 2.45) is 5.41 Å². The van der Waals surface area contributed by atoms with Crippen molar-refractivity contribution in [3.8, 4) is 0 Å². The molecule has 0 aliphatic carbocycles. The van der Waals surface area contributed by atoms with Crippen LogP contribution in [0.25, 0.3) is 0 Å². The molecule has 1 fully saturated rings. The van der Waals surface area contributed by atoms with Crippen molar-refractivity contribution >= 4 is 11.6 Å². The topological polar surface area (TPSA) is 23.6 Å². The second kappa shape index (κ2) is 4.26. The van der Waals surface area contributed by atoms with Crippen LogP contribution < -0.4 is 5.01 Å². The zero-order valence-electron chi connectivity index (χ0n) is 12.8. The number of carbonyl (C=O) groups excluding carboxylic acids is 1. The number of rotatable bonds is 2. The number of anilines is 1. The third-order valence-corrected chi connectivity index (χ3v) is 4.90. The molecule has 1 aliphatic heterocycles. The lowest BCUT2D eigenvalue weighted by Crippen LogP contribution is -2.50. The minimum atomic E-state index is -0.356. The van der Waals surface area contributed by atoms with Crippen LogP contribution in [0.3, 0.4) is 0 Å². The van der Waals surface area contributed by atoms with E-state index in [2.05, 4.69) is 57.8 Å². The van der Waals surface area contributed by atoms with Gasteiger partial charge in [-0.3, -0.25) is 14.8 Å². The van der Waals surface area contributed by atoms with Crippen molar-refractivity contribution in [3.63, 3.8) is 0 Å². The fourth-order valence-corrected chi connectivity index (χ4v) is 3.16. The lowest BCUT2D eigenvalue weighted by atomic mass is 9.71. The molecule has 0 N–H and O–H groups in total. The summed E-state index contributed by atoms with van der Waals surface area (Å²) in [7, 11) is 1.87. The molecular weight excluding hydrogens is 236 g/mol. The number of hydrazine groups is 1. The van der Waals surface area contributed by atoms with Crippen molar-refractivity contribution in [1.82, 2.24) is 5.01 Å². The molecule has 1 heterocycles. The Morgan fingerprint density at radius 3 is 2.32 bits per heavy atom. The SMILES string of the molecule is CCC1(C)C(=O)N(C)N(c2cccc(C)c2)C1(C)C. The standard InChI is InChI=1S/C16H24N2O/c1-7-16(5)14(19)17(6)18(15(16,3)4)13-10-8-9-12(2)11-13/h8-11H,7H2,1-6H3. The molecule has 1 aromatic carbocycles. The summed E-state index contributed by atoms with van der Waals surface area (Å²) in [4.78, 5) is 12.6. The van der Waals surface area contributed by atoms with Crippen molar-refractivity contribution in [3.05, 3.63) is 29.8 Å². The van der Waals surface area contributed by atoms with Crippen LogP contribution in [0.15, 0.2) is 24.3 Å². The van der Waals surface area contributed by atoms with E-state index in [0.29, 0.717) is 0 Å². The van der Waals surface area contributed by atoms with Gasteiger partial charge in [0.05, 0.1) is 16.6 Å². The first kappa shape index (κ1) is 13.9. The molecule has 0 saturated carbocycles. The molecule has 1 unspecified atom stereocenters. The molecule has 0 bridgehead atoms. The molecule has 19 heavy (non-hydrogen) atoms. The van der Waals surface area contributed by atoms with Gasteiger partial charge in [0.15, 0.2) is 0 Å². The third kappa shape index (κ3) is 1.75. The van der Waals surface area contributed by atoms with Gasteiger partial charge in [0.2, 0.25) is 5.91 Å². The number of aryl methyl sites for hydroxylation is 1. The fourth-order valence-electron chi connectivity index (χ4n) is 3.16. The van der Waals surface area contributed by atoms with Gasteiger partial charge < -0.3 is 0 Å². The smallest absolute Gasteiger partial charge is 0.249 e. The summed E-state index contributed by atoms with van der Waals surface area (Å²) in [6, 6.07) is 8.32. The second-order valence-electron chi connectivity index (χ2n) is 6.22. The highest BCUT2D eigenvalue weighted by molar-refractivity contribution is 5.89. The first-order valence-electron chi connectivity index (χ1n) is 6.90. The van der Waals surface area contributed by atoms with Crippen LogP contribution in [0.1, 0.15) is 39.7 Å². The molecule has 1 atom stereocenters. The molecule has 1 amide bonds. The molecule has 1 aromatic rings. The van der Waals surface area contributed by atoms with Crippen molar-refractivity contribution < 1.29 is 4.79 Å². The Kier molecular flexibility index (Phi) is 3.12. The summed E-state index contributed by atoms with van der Waals surface area (Å²) in [5.41, 5.74) is 1.70. The summed E-state index contributed by atoms with van der Waals surface area (Å²) < 4.78 is 0. The zero-order chi connectivity index (χ0) is 14.4. The number of nitrogens with zero attached hydrogens (tertiary/aromatic N) is 2. The molecule has 0 spiro atoms. The van der Waals surface area contributed by atoms with Gasteiger partial charge in [0, 0.05) is 7.05 Å². The molecule has 104 valence electrons. The maximum Gasteiger partial charge on any atom is 0.249 e.